The van der Waals surface area contributed by atoms with Crippen molar-refractivity contribution in [1.82, 2.24) is 0 Å². The molecule has 0 saturated heterocycles. The fourth-order valence-electron chi connectivity index (χ4n) is 0.531. The summed E-state index contributed by atoms with van der Waals surface area (Å²) in [5.74, 6) is -4.74. The molecular weight excluding hydrogens is 532 g/mol. The van der Waals surface area contributed by atoms with Gasteiger partial charge in [-0.15, -0.1) is 0 Å². The zero-order chi connectivity index (χ0) is 24.2. The number of ether oxygens (including phenoxy) is 2. The lowest BCUT2D eigenvalue weighted by atomic mass is 10.3. The van der Waals surface area contributed by atoms with Crippen LogP contribution in [0.5, 0.6) is 0 Å². The van der Waals surface area contributed by atoms with Crippen LogP contribution in [0.3, 0.4) is 0 Å². The first-order chi connectivity index (χ1) is 12.5. The van der Waals surface area contributed by atoms with Crippen molar-refractivity contribution in [1.29, 1.82) is 0 Å². The van der Waals surface area contributed by atoms with Gasteiger partial charge in [-0.1, -0.05) is 44.6 Å². The monoisotopic (exact) mass is 574 g/mol. The van der Waals surface area contributed by atoms with Gasteiger partial charge in [-0.3, -0.25) is 18.3 Å². The van der Waals surface area contributed by atoms with Crippen molar-refractivity contribution in [3.63, 3.8) is 0 Å². The van der Waals surface area contributed by atoms with Crippen LogP contribution in [0, 0.1) is 0 Å². The van der Waals surface area contributed by atoms with Gasteiger partial charge in [-0.05, 0) is 6.92 Å². The zero-order valence-corrected chi connectivity index (χ0v) is 15.1. The molecule has 0 fully saturated rings. The Morgan fingerprint density at radius 3 is 1.12 bits per heavy atom. The van der Waals surface area contributed by atoms with Gasteiger partial charge in [-0.25, -0.2) is 34.8 Å². The van der Waals surface area contributed by atoms with Crippen LogP contribution < -0.4 is 0 Å². The van der Waals surface area contributed by atoms with Gasteiger partial charge in [0, 0.05) is 6.92 Å². The lowest BCUT2D eigenvalue weighted by molar-refractivity contribution is -0.420. The van der Waals surface area contributed by atoms with E-state index in [0.29, 0.717) is 7.18 Å². The van der Waals surface area contributed by atoms with Crippen molar-refractivity contribution in [2.75, 3.05) is 34.6 Å². The van der Waals surface area contributed by atoms with E-state index < -0.39 is 48.2 Å². The van der Waals surface area contributed by atoms with E-state index in [2.05, 4.69) is 9.47 Å². The first-order valence-corrected chi connectivity index (χ1v) is 7.40. The van der Waals surface area contributed by atoms with Crippen LogP contribution in [-0.2, 0) is 19.6 Å². The highest BCUT2D eigenvalue weighted by Gasteiger charge is 2.61. The van der Waals surface area contributed by atoms with Crippen LogP contribution in [0.4, 0.5) is 52.7 Å². The molecule has 18 heteroatoms. The number of hydrogen-bond acceptors (Lipinski definition) is 5. The third kappa shape index (κ3) is 38.3. The Morgan fingerprint density at radius 2 is 0.971 bits per heavy atom. The van der Waals surface area contributed by atoms with Gasteiger partial charge in [0.2, 0.25) is 13.9 Å². The molecule has 0 aliphatic heterocycles. The molecule has 1 atom stereocenters. The van der Waals surface area contributed by atoms with Gasteiger partial charge >= 0.3 is 18.8 Å². The van der Waals surface area contributed by atoms with Crippen molar-refractivity contribution < 1.29 is 76.6 Å². The molecule has 0 N–H and O–H groups in total. The Hall–Kier alpha value is -1.01. The van der Waals surface area contributed by atoms with Gasteiger partial charge in [0.05, 0.1) is 13.9 Å². The molecule has 5 nitrogen and oxygen atoms in total. The third-order valence-electron chi connectivity index (χ3n) is 1.36. The van der Waals surface area contributed by atoms with E-state index in [1.807, 2.05) is 0 Å². The fraction of sp³-hybridized carbons (Fsp3) is 1.00. The SMILES string of the molecule is C.C.C.C.C.C.CC(F)(OC(F)(F)S(=O)(=O)[O-])C(F)(F)OCF.CCF.CF.FCF.FCF.[H+]. The molecule has 0 bridgehead atoms. The molecule has 0 aromatic rings. The number of alkyl halides is 12. The highest BCUT2D eigenvalue weighted by atomic mass is 32.2. The molecule has 0 radical (unpaired) electrons. The van der Waals surface area contributed by atoms with E-state index in [9.17, 15) is 65.7 Å². The molecule has 0 rings (SSSR count). The van der Waals surface area contributed by atoms with Crippen molar-refractivity contribution in [3.05, 3.63) is 0 Å². The highest BCUT2D eigenvalue weighted by Crippen LogP contribution is 2.40. The topological polar surface area (TPSA) is 75.7 Å². The van der Waals surface area contributed by atoms with Crippen LogP contribution in [0.2, 0.25) is 0 Å². The predicted molar refractivity (Wildman–Crippen MR) is 112 cm³/mol. The van der Waals surface area contributed by atoms with Crippen molar-refractivity contribution in [3.8, 4) is 0 Å². The lowest BCUT2D eigenvalue weighted by Crippen LogP contribution is -2.51. The minimum Gasteiger partial charge on any atom is -0.741 e. The molecule has 0 aromatic heterocycles. The Bertz CT molecular complexity index is 430. The summed E-state index contributed by atoms with van der Waals surface area (Å²) in [6, 6.07) is 0. The summed E-state index contributed by atoms with van der Waals surface area (Å²) < 4.78 is 167. The second kappa shape index (κ2) is 36.6. The van der Waals surface area contributed by atoms with E-state index in [4.69, 9.17) is 0 Å². The van der Waals surface area contributed by atoms with Gasteiger partial charge in [-0.2, -0.15) is 17.6 Å². The first kappa shape index (κ1) is 69.8. The second-order valence-electron chi connectivity index (χ2n) is 3.18. The quantitative estimate of drug-likeness (QED) is 0.235. The van der Waals surface area contributed by atoms with E-state index >= 15 is 0 Å². The van der Waals surface area contributed by atoms with Crippen LogP contribution in [0.15, 0.2) is 0 Å². The molecule has 0 heterocycles. The van der Waals surface area contributed by atoms with E-state index in [0.717, 1.165) is 0 Å². The normalized spacial score (nSPS) is 10.7. The summed E-state index contributed by atoms with van der Waals surface area (Å²) >= 11 is 0. The Balaban J connectivity index is -0.0000000255. The summed E-state index contributed by atoms with van der Waals surface area (Å²) in [4.78, 5) is 0. The van der Waals surface area contributed by atoms with E-state index in [-0.39, 0.29) is 59.6 Å². The number of hydrogen-bond donors (Lipinski definition) is 0. The summed E-state index contributed by atoms with van der Waals surface area (Å²) in [6.45, 7) is -4.91. The van der Waals surface area contributed by atoms with E-state index in [1.165, 1.54) is 6.92 Å². The molecule has 0 aliphatic rings. The van der Waals surface area contributed by atoms with Crippen molar-refractivity contribution in [2.45, 2.75) is 75.8 Å². The average molecular weight is 575 g/mol. The minimum absolute atomic E-state index is 0. The predicted octanol–water partition coefficient (Wildman–Crippen LogP) is 8.58. The Kier molecular flexibility index (Phi) is 75.1. The zero-order valence-electron chi connectivity index (χ0n) is 15.3. The Labute approximate surface area is 198 Å². The number of halogens is 12. The first-order valence-electron chi connectivity index (χ1n) is 5.99. The summed E-state index contributed by atoms with van der Waals surface area (Å²) in [7, 11) is -6.04. The highest BCUT2D eigenvalue weighted by molar-refractivity contribution is 7.86. The molecule has 34 heavy (non-hydrogen) atoms. The van der Waals surface area contributed by atoms with Gasteiger partial charge in [0.15, 0.2) is 17.0 Å². The molecule has 226 valence electrons. The maximum Gasteiger partial charge on any atom is 1.00 e. The maximum atomic E-state index is 12.9. The largest absolute Gasteiger partial charge is 1.00 e. The van der Waals surface area contributed by atoms with Crippen LogP contribution in [-0.4, -0.2) is 64.9 Å². The fourth-order valence-corrected chi connectivity index (χ4v) is 0.790. The third-order valence-corrected chi connectivity index (χ3v) is 2.02. The second-order valence-corrected chi connectivity index (χ2v) is 4.56. The molecule has 0 saturated carbocycles. The van der Waals surface area contributed by atoms with Gasteiger partial charge in [0.1, 0.15) is 0 Å². The molecule has 0 aliphatic carbocycles. The van der Waals surface area contributed by atoms with Crippen LogP contribution >= 0.6 is 0 Å². The van der Waals surface area contributed by atoms with Gasteiger partial charge in [0.25, 0.3) is 0 Å². The summed E-state index contributed by atoms with van der Waals surface area (Å²) in [6.07, 6.45) is -5.23. The van der Waals surface area contributed by atoms with E-state index in [1.54, 1.807) is 0 Å². The average Bonchev–Trinajstić information content (AvgIpc) is 2.49. The van der Waals surface area contributed by atoms with Gasteiger partial charge < -0.3 is 4.55 Å². The van der Waals surface area contributed by atoms with Crippen molar-refractivity contribution >= 4 is 10.1 Å². The Morgan fingerprint density at radius 1 is 0.765 bits per heavy atom. The molecule has 0 amide bonds. The molecular formula is C16H42F12O5S. The standard InChI is InChI=1S/C5H6F6O5S.C2H5F.2CH2F2.CH3F.6CH4/c1-3(7,4(8,9)15-2-6)16-5(10,11)17(12,13)14;1-2-3;2*2-1-3;1-2;;;;;;/h2H2,1H3,(H,12,13,14);2H2,1H3;2*1H2;1H3;6*1H4. The lowest BCUT2D eigenvalue weighted by Gasteiger charge is -2.32. The molecule has 0 spiro atoms. The maximum absolute atomic E-state index is 12.9. The molecule has 1 unspecified atom stereocenters. The smallest absolute Gasteiger partial charge is 0.741 e. The van der Waals surface area contributed by atoms with Crippen molar-refractivity contribution in [2.24, 2.45) is 0 Å². The molecule has 0 aromatic carbocycles. The van der Waals surface area contributed by atoms with Crippen LogP contribution in [0.25, 0.3) is 0 Å². The summed E-state index contributed by atoms with van der Waals surface area (Å²) in [5.41, 5.74) is -5.76. The minimum atomic E-state index is -6.54. The van der Waals surface area contributed by atoms with Crippen LogP contribution in [0.1, 0.15) is 59.8 Å². The summed E-state index contributed by atoms with van der Waals surface area (Å²) in [5, 5.41) is 0. The number of rotatable bonds is 6.